The average Bonchev–Trinajstić information content (AvgIpc) is 2.68. The van der Waals surface area contributed by atoms with E-state index >= 15 is 0 Å². The van der Waals surface area contributed by atoms with E-state index in [1.807, 2.05) is 30.4 Å². The molecule has 0 saturated carbocycles. The number of hydrogen-bond acceptors (Lipinski definition) is 2. The summed E-state index contributed by atoms with van der Waals surface area (Å²) in [6.07, 6.45) is 3.82. The molecule has 94 valence electrons. The van der Waals surface area contributed by atoms with Crippen molar-refractivity contribution in [3.63, 3.8) is 0 Å². The highest BCUT2D eigenvalue weighted by Gasteiger charge is 2.10. The summed E-state index contributed by atoms with van der Waals surface area (Å²) in [5, 5.41) is 0. The maximum absolute atomic E-state index is 4.67. The van der Waals surface area contributed by atoms with Crippen LogP contribution in [0.3, 0.4) is 0 Å². The summed E-state index contributed by atoms with van der Waals surface area (Å²) in [6.45, 7) is 10.1. The molecular weight excluding hydrogens is 222 g/mol. The Bertz CT molecular complexity index is 544. The monoisotopic (exact) mass is 241 g/mol. The summed E-state index contributed by atoms with van der Waals surface area (Å²) in [5.74, 6) is 1.07. The molecule has 0 bridgehead atoms. The van der Waals surface area contributed by atoms with Crippen molar-refractivity contribution < 1.29 is 0 Å². The van der Waals surface area contributed by atoms with Crippen LogP contribution in [0.25, 0.3) is 11.0 Å². The van der Waals surface area contributed by atoms with Gasteiger partial charge in [0.15, 0.2) is 0 Å². The highest BCUT2D eigenvalue weighted by molar-refractivity contribution is 5.75. The van der Waals surface area contributed by atoms with Gasteiger partial charge < -0.3 is 4.57 Å². The van der Waals surface area contributed by atoms with Gasteiger partial charge >= 0.3 is 0 Å². The number of nitrogens with zero attached hydrogens (tertiary/aromatic N) is 3. The quantitative estimate of drug-likeness (QED) is 0.725. The summed E-state index contributed by atoms with van der Waals surface area (Å²) in [7, 11) is 2.06. The van der Waals surface area contributed by atoms with E-state index < -0.39 is 0 Å². The molecule has 0 N–H and O–H groups in total. The third-order valence-corrected chi connectivity index (χ3v) is 3.02. The Morgan fingerprint density at radius 2 is 1.89 bits per heavy atom. The minimum atomic E-state index is 0.809. The van der Waals surface area contributed by atoms with E-state index in [0.717, 1.165) is 31.0 Å². The summed E-state index contributed by atoms with van der Waals surface area (Å²) in [6, 6.07) is 8.20. The van der Waals surface area contributed by atoms with E-state index in [2.05, 4.69) is 40.7 Å². The van der Waals surface area contributed by atoms with Gasteiger partial charge in [0.2, 0.25) is 0 Å². The number of hydrogen-bond donors (Lipinski definition) is 0. The highest BCUT2D eigenvalue weighted by Crippen LogP contribution is 2.15. The van der Waals surface area contributed by atoms with Crippen molar-refractivity contribution in [2.75, 3.05) is 13.1 Å². The lowest BCUT2D eigenvalue weighted by Gasteiger charge is -2.18. The van der Waals surface area contributed by atoms with Crippen LogP contribution in [0.4, 0.5) is 0 Å². The lowest BCUT2D eigenvalue weighted by Crippen LogP contribution is -2.24. The maximum atomic E-state index is 4.67. The lowest BCUT2D eigenvalue weighted by molar-refractivity contribution is 0.316. The van der Waals surface area contributed by atoms with Crippen LogP contribution in [0.1, 0.15) is 5.82 Å². The van der Waals surface area contributed by atoms with Gasteiger partial charge in [0.05, 0.1) is 17.6 Å². The lowest BCUT2D eigenvalue weighted by atomic mass is 10.3. The molecule has 0 atom stereocenters. The van der Waals surface area contributed by atoms with E-state index in [-0.39, 0.29) is 0 Å². The second-order valence-electron chi connectivity index (χ2n) is 4.35. The van der Waals surface area contributed by atoms with Crippen molar-refractivity contribution in [1.82, 2.24) is 14.5 Å². The number of imidazole rings is 1. The maximum Gasteiger partial charge on any atom is 0.123 e. The summed E-state index contributed by atoms with van der Waals surface area (Å²) >= 11 is 0. The van der Waals surface area contributed by atoms with Gasteiger partial charge in [-0.05, 0) is 12.1 Å². The molecule has 0 radical (unpaired) electrons. The van der Waals surface area contributed by atoms with Gasteiger partial charge in [0, 0.05) is 20.1 Å². The van der Waals surface area contributed by atoms with Crippen molar-refractivity contribution >= 4 is 11.0 Å². The van der Waals surface area contributed by atoms with E-state index in [0.29, 0.717) is 0 Å². The second-order valence-corrected chi connectivity index (χ2v) is 4.35. The minimum Gasteiger partial charge on any atom is -0.330 e. The Balaban J connectivity index is 2.27. The molecule has 2 aromatic rings. The van der Waals surface area contributed by atoms with Crippen molar-refractivity contribution in [2.45, 2.75) is 6.54 Å². The topological polar surface area (TPSA) is 21.1 Å². The van der Waals surface area contributed by atoms with E-state index in [9.17, 15) is 0 Å². The zero-order valence-corrected chi connectivity index (χ0v) is 10.8. The Morgan fingerprint density at radius 1 is 1.22 bits per heavy atom. The largest absolute Gasteiger partial charge is 0.330 e. The molecule has 3 heteroatoms. The van der Waals surface area contributed by atoms with E-state index in [1.54, 1.807) is 0 Å². The fourth-order valence-electron chi connectivity index (χ4n) is 2.11. The molecular formula is C15H19N3. The standard InChI is InChI=1S/C15H19N3/c1-4-10-18(11-5-2)12-15-16-13-8-6-7-9-14(13)17(15)3/h4-9H,1-2,10-12H2,3H3. The van der Waals surface area contributed by atoms with Crippen LogP contribution in [-0.2, 0) is 13.6 Å². The Kier molecular flexibility index (Phi) is 3.95. The summed E-state index contributed by atoms with van der Waals surface area (Å²) < 4.78 is 2.15. The fraction of sp³-hybridized carbons (Fsp3) is 0.267. The van der Waals surface area contributed by atoms with Crippen molar-refractivity contribution in [3.8, 4) is 0 Å². The first-order valence-electron chi connectivity index (χ1n) is 6.10. The zero-order valence-electron chi connectivity index (χ0n) is 10.8. The van der Waals surface area contributed by atoms with Crippen LogP contribution in [0.15, 0.2) is 49.6 Å². The number of aryl methyl sites for hydroxylation is 1. The normalized spacial score (nSPS) is 11.0. The molecule has 0 aliphatic rings. The average molecular weight is 241 g/mol. The molecule has 0 unspecified atom stereocenters. The van der Waals surface area contributed by atoms with Crippen LogP contribution in [0.5, 0.6) is 0 Å². The van der Waals surface area contributed by atoms with Crippen LogP contribution in [0.2, 0.25) is 0 Å². The molecule has 2 rings (SSSR count). The predicted molar refractivity (Wildman–Crippen MR) is 76.4 cm³/mol. The van der Waals surface area contributed by atoms with Crippen LogP contribution in [-0.4, -0.2) is 27.5 Å². The zero-order chi connectivity index (χ0) is 13.0. The summed E-state index contributed by atoms with van der Waals surface area (Å²) in [4.78, 5) is 6.92. The van der Waals surface area contributed by atoms with Crippen molar-refractivity contribution in [3.05, 3.63) is 55.4 Å². The van der Waals surface area contributed by atoms with Gasteiger partial charge in [-0.3, -0.25) is 4.90 Å². The van der Waals surface area contributed by atoms with E-state index in [1.165, 1.54) is 5.52 Å². The Morgan fingerprint density at radius 3 is 2.50 bits per heavy atom. The first-order valence-corrected chi connectivity index (χ1v) is 6.10. The summed E-state index contributed by atoms with van der Waals surface area (Å²) in [5.41, 5.74) is 2.22. The second kappa shape index (κ2) is 5.65. The SMILES string of the molecule is C=CCN(CC=C)Cc1nc2ccccc2n1C. The van der Waals surface area contributed by atoms with Crippen LogP contribution >= 0.6 is 0 Å². The predicted octanol–water partition coefficient (Wildman–Crippen LogP) is 2.75. The molecule has 0 amide bonds. The van der Waals surface area contributed by atoms with Gasteiger partial charge in [0.25, 0.3) is 0 Å². The van der Waals surface area contributed by atoms with Crippen LogP contribution in [0, 0.1) is 0 Å². The van der Waals surface area contributed by atoms with Crippen molar-refractivity contribution in [1.29, 1.82) is 0 Å². The van der Waals surface area contributed by atoms with Gasteiger partial charge in [-0.15, -0.1) is 13.2 Å². The number of para-hydroxylation sites is 2. The third kappa shape index (κ3) is 2.51. The van der Waals surface area contributed by atoms with Crippen LogP contribution < -0.4 is 0 Å². The fourth-order valence-corrected chi connectivity index (χ4v) is 2.11. The third-order valence-electron chi connectivity index (χ3n) is 3.02. The highest BCUT2D eigenvalue weighted by atomic mass is 15.2. The van der Waals surface area contributed by atoms with Gasteiger partial charge in [-0.25, -0.2) is 4.98 Å². The molecule has 0 aliphatic carbocycles. The molecule has 1 heterocycles. The number of rotatable bonds is 6. The van der Waals surface area contributed by atoms with Crippen molar-refractivity contribution in [2.24, 2.45) is 7.05 Å². The molecule has 0 spiro atoms. The molecule has 3 nitrogen and oxygen atoms in total. The molecule has 1 aromatic heterocycles. The minimum absolute atomic E-state index is 0.809. The number of aromatic nitrogens is 2. The molecule has 1 aromatic carbocycles. The molecule has 0 saturated heterocycles. The first-order chi connectivity index (χ1) is 8.76. The van der Waals surface area contributed by atoms with Gasteiger partial charge in [0.1, 0.15) is 5.82 Å². The first kappa shape index (κ1) is 12.6. The number of fused-ring (bicyclic) bond motifs is 1. The molecule has 0 aliphatic heterocycles. The Hall–Kier alpha value is -1.87. The molecule has 0 fully saturated rings. The smallest absolute Gasteiger partial charge is 0.123 e. The van der Waals surface area contributed by atoms with E-state index in [4.69, 9.17) is 0 Å². The van der Waals surface area contributed by atoms with Gasteiger partial charge in [-0.1, -0.05) is 24.3 Å². The Labute approximate surface area is 108 Å². The number of benzene rings is 1. The van der Waals surface area contributed by atoms with Gasteiger partial charge in [-0.2, -0.15) is 0 Å². The molecule has 18 heavy (non-hydrogen) atoms.